The predicted molar refractivity (Wildman–Crippen MR) is 146 cm³/mol. The Bertz CT molecular complexity index is 1530. The monoisotopic (exact) mass is 509 g/mol. The van der Waals surface area contributed by atoms with E-state index >= 15 is 0 Å². The van der Waals surface area contributed by atoms with Crippen molar-refractivity contribution >= 4 is 17.5 Å². The lowest BCUT2D eigenvalue weighted by molar-refractivity contribution is -0.131. The average Bonchev–Trinajstić information content (AvgIpc) is 3.74. The topological polar surface area (TPSA) is 66.1 Å². The summed E-state index contributed by atoms with van der Waals surface area (Å²) < 4.78 is 0. The van der Waals surface area contributed by atoms with Crippen LogP contribution in [-0.4, -0.2) is 27.3 Å². The number of fused-ring (bicyclic) bond motifs is 1. The van der Waals surface area contributed by atoms with Crippen LogP contribution in [0.4, 0.5) is 0 Å². The molecule has 0 radical (unpaired) electrons. The number of hydrogen-bond acceptors (Lipinski definition) is 3. The van der Waals surface area contributed by atoms with Crippen LogP contribution in [0.1, 0.15) is 47.5 Å². The summed E-state index contributed by atoms with van der Waals surface area (Å²) >= 11 is 6.17. The Kier molecular flexibility index (Phi) is 6.17. The molecule has 6 heteroatoms. The van der Waals surface area contributed by atoms with E-state index in [-0.39, 0.29) is 23.3 Å². The van der Waals surface area contributed by atoms with E-state index in [0.717, 1.165) is 47.5 Å². The summed E-state index contributed by atoms with van der Waals surface area (Å²) in [6.07, 6.45) is 3.74. The molecule has 6 rings (SSSR count). The number of nitrogens with zero attached hydrogens (tertiary/aromatic N) is 2. The summed E-state index contributed by atoms with van der Waals surface area (Å²) in [5, 5.41) is 0.681. The fourth-order valence-electron chi connectivity index (χ4n) is 5.42. The zero-order valence-corrected chi connectivity index (χ0v) is 21.3. The lowest BCUT2D eigenvalue weighted by atomic mass is 9.94. The van der Waals surface area contributed by atoms with E-state index in [1.165, 1.54) is 5.56 Å². The van der Waals surface area contributed by atoms with Gasteiger partial charge >= 0.3 is 0 Å². The average molecular weight is 510 g/mol. The molecule has 1 fully saturated rings. The molecule has 1 N–H and O–H groups in total. The van der Waals surface area contributed by atoms with Gasteiger partial charge in [-0.05, 0) is 60.1 Å². The number of aromatic amines is 1. The molecule has 0 atom stereocenters. The van der Waals surface area contributed by atoms with Crippen molar-refractivity contribution in [1.82, 2.24) is 14.9 Å². The van der Waals surface area contributed by atoms with Gasteiger partial charge in [-0.25, -0.2) is 4.98 Å². The summed E-state index contributed by atoms with van der Waals surface area (Å²) in [6.45, 7) is 0.908. The number of amides is 1. The highest BCUT2D eigenvalue weighted by Gasteiger charge is 2.48. The van der Waals surface area contributed by atoms with Gasteiger partial charge < -0.3 is 9.88 Å². The van der Waals surface area contributed by atoms with Crippen molar-refractivity contribution in [3.05, 3.63) is 122 Å². The highest BCUT2D eigenvalue weighted by atomic mass is 35.5. The number of benzene rings is 3. The van der Waals surface area contributed by atoms with Gasteiger partial charge in [0.1, 0.15) is 5.82 Å². The molecule has 3 aromatic carbocycles. The van der Waals surface area contributed by atoms with Gasteiger partial charge in [-0.1, -0.05) is 78.3 Å². The Balaban J connectivity index is 1.22. The molecule has 1 aliphatic heterocycles. The first-order valence-electron chi connectivity index (χ1n) is 12.8. The van der Waals surface area contributed by atoms with Crippen LogP contribution in [0.15, 0.2) is 83.7 Å². The molecule has 1 aromatic heterocycles. The Hall–Kier alpha value is -3.70. The quantitative estimate of drug-likeness (QED) is 0.376. The molecule has 37 heavy (non-hydrogen) atoms. The Labute approximate surface area is 221 Å². The van der Waals surface area contributed by atoms with E-state index < -0.39 is 0 Å². The van der Waals surface area contributed by atoms with E-state index in [0.29, 0.717) is 30.1 Å². The summed E-state index contributed by atoms with van der Waals surface area (Å²) in [5.74, 6) is 0.780. The number of aryl methyl sites for hydroxylation is 1. The van der Waals surface area contributed by atoms with Crippen LogP contribution in [0, 0.1) is 0 Å². The van der Waals surface area contributed by atoms with E-state index in [4.69, 9.17) is 16.6 Å². The second kappa shape index (κ2) is 9.64. The third-order valence-electron chi connectivity index (χ3n) is 7.61. The van der Waals surface area contributed by atoms with Crippen LogP contribution in [-0.2, 0) is 29.6 Å². The zero-order chi connectivity index (χ0) is 25.4. The van der Waals surface area contributed by atoms with Gasteiger partial charge in [-0.2, -0.15) is 0 Å². The number of hydrogen-bond donors (Lipinski definition) is 1. The molecule has 186 valence electrons. The van der Waals surface area contributed by atoms with Gasteiger partial charge in [0.25, 0.3) is 5.56 Å². The fraction of sp³-hybridized carbons (Fsp3) is 0.258. The van der Waals surface area contributed by atoms with Crippen molar-refractivity contribution in [2.75, 3.05) is 6.54 Å². The molecule has 2 aliphatic rings. The Morgan fingerprint density at radius 2 is 1.73 bits per heavy atom. The van der Waals surface area contributed by atoms with Crippen molar-refractivity contribution in [3.8, 4) is 11.1 Å². The third kappa shape index (κ3) is 4.72. The molecule has 1 amide bonds. The second-order valence-corrected chi connectivity index (χ2v) is 10.5. The molecular weight excluding hydrogens is 482 g/mol. The zero-order valence-electron chi connectivity index (χ0n) is 20.5. The molecule has 1 saturated carbocycles. The van der Waals surface area contributed by atoms with Gasteiger partial charge in [-0.15, -0.1) is 0 Å². The molecule has 0 spiro atoms. The normalized spacial score (nSPS) is 16.1. The standard InChI is InChI=1S/C31H28ClN3O2/c32-25-12-5-9-23(19-25)22-8-4-7-21(17-22)18-28(36)35-16-6-13-27-26(20-35)29(37)34-30(33-27)31(14-15-31)24-10-2-1-3-11-24/h1-5,7-12,17,19H,6,13-16,18,20H2,(H,33,34,37). The molecule has 0 saturated heterocycles. The number of nitrogens with one attached hydrogen (secondary N) is 1. The number of H-pyrrole nitrogens is 1. The summed E-state index contributed by atoms with van der Waals surface area (Å²) in [5.41, 5.74) is 5.31. The minimum absolute atomic E-state index is 0.0162. The molecule has 4 aromatic rings. The molecule has 0 unspecified atom stereocenters. The number of rotatable bonds is 5. The number of aromatic nitrogens is 2. The maximum Gasteiger partial charge on any atom is 0.256 e. The molecule has 5 nitrogen and oxygen atoms in total. The number of halogens is 1. The maximum atomic E-state index is 13.3. The van der Waals surface area contributed by atoms with Gasteiger partial charge in [0.15, 0.2) is 0 Å². The maximum absolute atomic E-state index is 13.3. The largest absolute Gasteiger partial charge is 0.338 e. The Morgan fingerprint density at radius 1 is 0.973 bits per heavy atom. The molecule has 1 aliphatic carbocycles. The number of carbonyl (C=O) groups is 1. The summed E-state index contributed by atoms with van der Waals surface area (Å²) in [6, 6.07) is 26.0. The first-order valence-corrected chi connectivity index (χ1v) is 13.2. The van der Waals surface area contributed by atoms with Crippen molar-refractivity contribution in [3.63, 3.8) is 0 Å². The van der Waals surface area contributed by atoms with Crippen LogP contribution >= 0.6 is 11.6 Å². The molecule has 2 heterocycles. The Morgan fingerprint density at radius 3 is 2.49 bits per heavy atom. The van der Waals surface area contributed by atoms with Gasteiger partial charge in [0, 0.05) is 11.6 Å². The molecule has 0 bridgehead atoms. The SMILES string of the molecule is O=C(Cc1cccc(-c2cccc(Cl)c2)c1)N1CCCc2nc(C3(c4ccccc4)CC3)[nH]c(=O)c2C1. The van der Waals surface area contributed by atoms with Crippen LogP contribution in [0.2, 0.25) is 5.02 Å². The van der Waals surface area contributed by atoms with Crippen molar-refractivity contribution < 1.29 is 4.79 Å². The van der Waals surface area contributed by atoms with Crippen LogP contribution in [0.5, 0.6) is 0 Å². The van der Waals surface area contributed by atoms with Crippen molar-refractivity contribution in [2.24, 2.45) is 0 Å². The highest BCUT2D eigenvalue weighted by molar-refractivity contribution is 6.30. The lowest BCUT2D eigenvalue weighted by Crippen LogP contribution is -2.34. The van der Waals surface area contributed by atoms with E-state index in [2.05, 4.69) is 17.1 Å². The summed E-state index contributed by atoms with van der Waals surface area (Å²) in [7, 11) is 0. The minimum Gasteiger partial charge on any atom is -0.338 e. The van der Waals surface area contributed by atoms with Gasteiger partial charge in [0.05, 0.1) is 29.6 Å². The van der Waals surface area contributed by atoms with Gasteiger partial charge in [-0.3, -0.25) is 9.59 Å². The number of carbonyl (C=O) groups excluding carboxylic acids is 1. The van der Waals surface area contributed by atoms with Gasteiger partial charge in [0.2, 0.25) is 5.91 Å². The first kappa shape index (κ1) is 23.7. The molecular formula is C31H28ClN3O2. The summed E-state index contributed by atoms with van der Waals surface area (Å²) in [4.78, 5) is 36.5. The lowest BCUT2D eigenvalue weighted by Gasteiger charge is -2.21. The minimum atomic E-state index is -0.189. The van der Waals surface area contributed by atoms with Crippen LogP contribution < -0.4 is 5.56 Å². The predicted octanol–water partition coefficient (Wildman–Crippen LogP) is 5.69. The van der Waals surface area contributed by atoms with Crippen LogP contribution in [0.3, 0.4) is 0 Å². The van der Waals surface area contributed by atoms with Crippen LogP contribution in [0.25, 0.3) is 11.1 Å². The van der Waals surface area contributed by atoms with E-state index in [1.807, 2.05) is 66.7 Å². The van der Waals surface area contributed by atoms with Crippen molar-refractivity contribution in [2.45, 2.75) is 44.1 Å². The highest BCUT2D eigenvalue weighted by Crippen LogP contribution is 2.51. The van der Waals surface area contributed by atoms with Crippen molar-refractivity contribution in [1.29, 1.82) is 0 Å². The third-order valence-corrected chi connectivity index (χ3v) is 7.85. The smallest absolute Gasteiger partial charge is 0.256 e. The fourth-order valence-corrected chi connectivity index (χ4v) is 5.61. The van der Waals surface area contributed by atoms with E-state index in [9.17, 15) is 9.59 Å². The van der Waals surface area contributed by atoms with E-state index in [1.54, 1.807) is 4.90 Å². The second-order valence-electron chi connectivity index (χ2n) is 10.1. The first-order chi connectivity index (χ1) is 18.0.